The molecule has 0 aromatic rings. The first-order chi connectivity index (χ1) is 8.15. The van der Waals surface area contributed by atoms with Gasteiger partial charge in [0, 0.05) is 12.1 Å². The summed E-state index contributed by atoms with van der Waals surface area (Å²) in [5.74, 6) is 0.840. The normalized spacial score (nSPS) is 30.0. The zero-order valence-electron chi connectivity index (χ0n) is 13.3. The first-order valence-corrected chi connectivity index (χ1v) is 7.61. The molecule has 0 aromatic carbocycles. The number of piperidine rings is 1. The molecule has 0 aliphatic carbocycles. The van der Waals surface area contributed by atoms with Crippen molar-refractivity contribution >= 4 is 0 Å². The third kappa shape index (κ3) is 2.60. The van der Waals surface area contributed by atoms with E-state index in [1.807, 2.05) is 0 Å². The molecule has 1 atom stereocenters. The topological polar surface area (TPSA) is 15.3 Å². The van der Waals surface area contributed by atoms with Gasteiger partial charge in [0.1, 0.15) is 0 Å². The Kier molecular flexibility index (Phi) is 3.57. The van der Waals surface area contributed by atoms with Crippen LogP contribution < -0.4 is 5.32 Å². The van der Waals surface area contributed by atoms with E-state index in [-0.39, 0.29) is 0 Å². The predicted molar refractivity (Wildman–Crippen MR) is 78.8 cm³/mol. The van der Waals surface area contributed by atoms with Crippen LogP contribution in [0.4, 0.5) is 0 Å². The lowest BCUT2D eigenvalue weighted by molar-refractivity contribution is 0.000705. The van der Waals surface area contributed by atoms with E-state index in [4.69, 9.17) is 0 Å². The van der Waals surface area contributed by atoms with Gasteiger partial charge in [-0.1, -0.05) is 20.8 Å². The smallest absolute Gasteiger partial charge is 0.0125 e. The summed E-state index contributed by atoms with van der Waals surface area (Å²) in [4.78, 5) is 2.66. The van der Waals surface area contributed by atoms with Gasteiger partial charge in [-0.15, -0.1) is 0 Å². The molecular formula is C16H32N2. The van der Waals surface area contributed by atoms with Crippen molar-refractivity contribution < 1.29 is 0 Å². The fraction of sp³-hybridized carbons (Fsp3) is 1.00. The minimum absolute atomic E-state index is 0.338. The van der Waals surface area contributed by atoms with Crippen molar-refractivity contribution in [2.24, 2.45) is 16.7 Å². The van der Waals surface area contributed by atoms with Crippen LogP contribution in [0.15, 0.2) is 0 Å². The van der Waals surface area contributed by atoms with Crippen LogP contribution in [0.5, 0.6) is 0 Å². The maximum absolute atomic E-state index is 3.67. The summed E-state index contributed by atoms with van der Waals surface area (Å²) in [6, 6.07) is 0. The highest BCUT2D eigenvalue weighted by molar-refractivity contribution is 5.02. The summed E-state index contributed by atoms with van der Waals surface area (Å²) in [6.45, 7) is 19.3. The number of hydrogen-bond acceptors (Lipinski definition) is 2. The molecule has 2 heteroatoms. The number of rotatable bonds is 0. The highest BCUT2D eigenvalue weighted by atomic mass is 15.2. The molecule has 0 radical (unpaired) electrons. The highest BCUT2D eigenvalue weighted by Gasteiger charge is 2.49. The molecule has 2 saturated heterocycles. The van der Waals surface area contributed by atoms with Crippen LogP contribution in [-0.4, -0.2) is 36.6 Å². The molecule has 1 unspecified atom stereocenters. The monoisotopic (exact) mass is 252 g/mol. The Morgan fingerprint density at radius 2 is 1.56 bits per heavy atom. The molecule has 2 aliphatic heterocycles. The second-order valence-electron chi connectivity index (χ2n) is 8.57. The second-order valence-corrected chi connectivity index (χ2v) is 8.57. The predicted octanol–water partition coefficient (Wildman–Crippen LogP) is 3.13. The molecule has 0 amide bonds. The van der Waals surface area contributed by atoms with E-state index in [2.05, 4.69) is 51.8 Å². The number of hydrogen-bond donors (Lipinski definition) is 1. The molecule has 1 spiro atoms. The Balaban J connectivity index is 2.07. The first kappa shape index (κ1) is 14.3. The van der Waals surface area contributed by atoms with E-state index >= 15 is 0 Å². The molecule has 1 N–H and O–H groups in total. The molecule has 2 heterocycles. The lowest BCUT2D eigenvalue weighted by atomic mass is 9.61. The van der Waals surface area contributed by atoms with E-state index in [0.717, 1.165) is 5.92 Å². The zero-order chi connectivity index (χ0) is 13.6. The largest absolute Gasteiger partial charge is 0.316 e. The van der Waals surface area contributed by atoms with Crippen LogP contribution >= 0.6 is 0 Å². The summed E-state index contributed by atoms with van der Waals surface area (Å²) in [6.07, 6.45) is 2.75. The summed E-state index contributed by atoms with van der Waals surface area (Å²) in [5, 5.41) is 3.67. The van der Waals surface area contributed by atoms with Gasteiger partial charge in [-0.2, -0.15) is 0 Å². The molecule has 0 saturated carbocycles. The molecule has 2 nitrogen and oxygen atoms in total. The Morgan fingerprint density at radius 1 is 1.00 bits per heavy atom. The van der Waals surface area contributed by atoms with Crippen molar-refractivity contribution in [2.45, 2.75) is 59.9 Å². The van der Waals surface area contributed by atoms with Gasteiger partial charge >= 0.3 is 0 Å². The molecule has 2 fully saturated rings. The maximum Gasteiger partial charge on any atom is 0.0125 e. The lowest BCUT2D eigenvalue weighted by Crippen LogP contribution is -2.52. The SMILES string of the molecule is CC(C)(C)C1CNCC12CCN(C(C)(C)C)CC2. The molecule has 2 aliphatic rings. The van der Waals surface area contributed by atoms with Gasteiger partial charge < -0.3 is 5.32 Å². The third-order valence-corrected chi connectivity index (χ3v) is 5.32. The summed E-state index contributed by atoms with van der Waals surface area (Å²) >= 11 is 0. The van der Waals surface area contributed by atoms with E-state index in [9.17, 15) is 0 Å². The van der Waals surface area contributed by atoms with Gasteiger partial charge in [-0.05, 0) is 70.0 Å². The zero-order valence-corrected chi connectivity index (χ0v) is 13.3. The van der Waals surface area contributed by atoms with Gasteiger partial charge in [0.25, 0.3) is 0 Å². The Bertz CT molecular complexity index is 287. The quantitative estimate of drug-likeness (QED) is 0.712. The van der Waals surface area contributed by atoms with E-state index in [1.165, 1.54) is 39.0 Å². The fourth-order valence-corrected chi connectivity index (χ4v) is 4.18. The van der Waals surface area contributed by atoms with Gasteiger partial charge in [0.15, 0.2) is 0 Å². The Labute approximate surface area is 114 Å². The third-order valence-electron chi connectivity index (χ3n) is 5.32. The van der Waals surface area contributed by atoms with Crippen molar-refractivity contribution in [1.29, 1.82) is 0 Å². The van der Waals surface area contributed by atoms with Gasteiger partial charge in [0.2, 0.25) is 0 Å². The molecule has 0 aromatic heterocycles. The minimum atomic E-state index is 0.338. The van der Waals surface area contributed by atoms with Crippen LogP contribution in [0.3, 0.4) is 0 Å². The maximum atomic E-state index is 3.67. The van der Waals surface area contributed by atoms with Crippen molar-refractivity contribution in [3.63, 3.8) is 0 Å². The Hall–Kier alpha value is -0.0800. The first-order valence-electron chi connectivity index (χ1n) is 7.61. The van der Waals surface area contributed by atoms with Gasteiger partial charge in [-0.25, -0.2) is 0 Å². The van der Waals surface area contributed by atoms with E-state index in [0.29, 0.717) is 16.4 Å². The number of likely N-dealkylation sites (tertiary alicyclic amines) is 1. The van der Waals surface area contributed by atoms with Crippen LogP contribution in [0.25, 0.3) is 0 Å². The van der Waals surface area contributed by atoms with Gasteiger partial charge in [-0.3, -0.25) is 4.90 Å². The van der Waals surface area contributed by atoms with Crippen molar-refractivity contribution in [3.8, 4) is 0 Å². The lowest BCUT2D eigenvalue weighted by Gasteiger charge is -2.50. The van der Waals surface area contributed by atoms with Crippen molar-refractivity contribution in [3.05, 3.63) is 0 Å². The van der Waals surface area contributed by atoms with Crippen LogP contribution in [0.1, 0.15) is 54.4 Å². The average Bonchev–Trinajstić information content (AvgIpc) is 2.60. The molecule has 106 valence electrons. The van der Waals surface area contributed by atoms with Crippen molar-refractivity contribution in [2.75, 3.05) is 26.2 Å². The number of nitrogens with one attached hydrogen (secondary N) is 1. The Morgan fingerprint density at radius 3 is 2.00 bits per heavy atom. The average molecular weight is 252 g/mol. The summed E-state index contributed by atoms with van der Waals surface area (Å²) in [5.41, 5.74) is 1.35. The van der Waals surface area contributed by atoms with Gasteiger partial charge in [0.05, 0.1) is 0 Å². The van der Waals surface area contributed by atoms with Crippen LogP contribution in [0, 0.1) is 16.7 Å². The molecular weight excluding hydrogens is 220 g/mol. The van der Waals surface area contributed by atoms with E-state index < -0.39 is 0 Å². The second kappa shape index (κ2) is 4.49. The fourth-order valence-electron chi connectivity index (χ4n) is 4.18. The summed E-state index contributed by atoms with van der Waals surface area (Å²) in [7, 11) is 0. The minimum Gasteiger partial charge on any atom is -0.316 e. The van der Waals surface area contributed by atoms with Crippen LogP contribution in [0.2, 0.25) is 0 Å². The number of nitrogens with zero attached hydrogens (tertiary/aromatic N) is 1. The highest BCUT2D eigenvalue weighted by Crippen LogP contribution is 2.49. The molecule has 18 heavy (non-hydrogen) atoms. The molecule has 2 rings (SSSR count). The summed E-state index contributed by atoms with van der Waals surface area (Å²) < 4.78 is 0. The van der Waals surface area contributed by atoms with Crippen molar-refractivity contribution in [1.82, 2.24) is 10.2 Å². The van der Waals surface area contributed by atoms with Crippen LogP contribution in [-0.2, 0) is 0 Å². The molecule has 0 bridgehead atoms. The van der Waals surface area contributed by atoms with E-state index in [1.54, 1.807) is 0 Å². The standard InChI is InChI=1S/C16H32N2/c1-14(2,3)13-11-17-12-16(13)7-9-18(10-8-16)15(4,5)6/h13,17H,7-12H2,1-6H3.